The highest BCUT2D eigenvalue weighted by molar-refractivity contribution is 5.89. The van der Waals surface area contributed by atoms with E-state index in [0.717, 1.165) is 12.1 Å². The van der Waals surface area contributed by atoms with Crippen LogP contribution in [-0.2, 0) is 11.3 Å². The van der Waals surface area contributed by atoms with Crippen LogP contribution in [-0.4, -0.2) is 10.4 Å². The molecule has 114 valence electrons. The molecule has 0 unspecified atom stereocenters. The first kappa shape index (κ1) is 14.7. The number of aromatic nitrogens is 1. The van der Waals surface area contributed by atoms with Gasteiger partial charge >= 0.3 is 5.97 Å². The Morgan fingerprint density at radius 1 is 1.22 bits per heavy atom. The van der Waals surface area contributed by atoms with Crippen molar-refractivity contribution in [3.05, 3.63) is 77.1 Å². The number of rotatable bonds is 3. The molecule has 0 saturated carbocycles. The Labute approximate surface area is 130 Å². The third-order valence-corrected chi connectivity index (χ3v) is 3.33. The zero-order chi connectivity index (χ0) is 16.4. The number of carbonyl (C=O) groups is 1. The quantitative estimate of drug-likeness (QED) is 0.696. The van der Waals surface area contributed by atoms with E-state index in [2.05, 4.69) is 6.07 Å². The van der Waals surface area contributed by atoms with Gasteiger partial charge in [0.1, 0.15) is 24.3 Å². The lowest BCUT2D eigenvalue weighted by Crippen LogP contribution is -2.06. The maximum absolute atomic E-state index is 13.1. The Morgan fingerprint density at radius 2 is 1.96 bits per heavy atom. The van der Waals surface area contributed by atoms with E-state index >= 15 is 0 Å². The molecule has 0 aliphatic heterocycles. The number of carbonyl (C=O) groups excluding carboxylic acids is 1. The summed E-state index contributed by atoms with van der Waals surface area (Å²) in [5.74, 6) is -2.57. The summed E-state index contributed by atoms with van der Waals surface area (Å²) in [6.07, 6.45) is 3.44. The second-order valence-electron chi connectivity index (χ2n) is 4.87. The third kappa shape index (κ3) is 2.90. The van der Waals surface area contributed by atoms with Crippen molar-refractivity contribution in [2.75, 3.05) is 0 Å². The molecular formula is C17H10F2N2O2. The van der Waals surface area contributed by atoms with Gasteiger partial charge in [-0.15, -0.1) is 0 Å². The molecule has 0 fully saturated rings. The van der Waals surface area contributed by atoms with E-state index in [1.54, 1.807) is 35.0 Å². The fourth-order valence-corrected chi connectivity index (χ4v) is 2.31. The van der Waals surface area contributed by atoms with Gasteiger partial charge in [-0.25, -0.2) is 13.6 Å². The molecular weight excluding hydrogens is 302 g/mol. The van der Waals surface area contributed by atoms with E-state index in [4.69, 9.17) is 4.74 Å². The predicted molar refractivity (Wildman–Crippen MR) is 77.6 cm³/mol. The average Bonchev–Trinajstić information content (AvgIpc) is 2.89. The van der Waals surface area contributed by atoms with E-state index in [0.29, 0.717) is 22.7 Å². The van der Waals surface area contributed by atoms with E-state index < -0.39 is 17.6 Å². The number of hydrogen-bond acceptors (Lipinski definition) is 3. The molecule has 0 atom stereocenters. The number of fused-ring (bicyclic) bond motifs is 1. The van der Waals surface area contributed by atoms with Gasteiger partial charge in [-0.1, -0.05) is 6.07 Å². The van der Waals surface area contributed by atoms with Crippen molar-refractivity contribution >= 4 is 11.5 Å². The molecule has 0 bridgehead atoms. The van der Waals surface area contributed by atoms with Crippen LogP contribution in [0.2, 0.25) is 0 Å². The minimum Gasteiger partial charge on any atom is -0.457 e. The number of esters is 1. The number of nitriles is 1. The lowest BCUT2D eigenvalue weighted by molar-refractivity contribution is 0.0471. The Hall–Kier alpha value is -3.20. The molecule has 0 aliphatic carbocycles. The van der Waals surface area contributed by atoms with Crippen LogP contribution in [0, 0.1) is 23.0 Å². The van der Waals surface area contributed by atoms with Crippen molar-refractivity contribution in [2.45, 2.75) is 6.61 Å². The highest BCUT2D eigenvalue weighted by Crippen LogP contribution is 2.19. The summed E-state index contributed by atoms with van der Waals surface area (Å²) in [4.78, 5) is 11.9. The summed E-state index contributed by atoms with van der Waals surface area (Å²) in [6, 6.07) is 9.90. The van der Waals surface area contributed by atoms with Gasteiger partial charge in [0.15, 0.2) is 0 Å². The van der Waals surface area contributed by atoms with E-state index in [1.165, 1.54) is 0 Å². The van der Waals surface area contributed by atoms with E-state index in [-0.39, 0.29) is 12.2 Å². The van der Waals surface area contributed by atoms with Crippen molar-refractivity contribution in [3.63, 3.8) is 0 Å². The lowest BCUT2D eigenvalue weighted by atomic mass is 10.2. The first-order chi connectivity index (χ1) is 11.1. The highest BCUT2D eigenvalue weighted by atomic mass is 19.1. The topological polar surface area (TPSA) is 54.5 Å². The van der Waals surface area contributed by atoms with Gasteiger partial charge in [-0.3, -0.25) is 0 Å². The molecule has 6 heteroatoms. The molecule has 2 heterocycles. The normalized spacial score (nSPS) is 10.5. The SMILES string of the molecule is N#Cc1c(COC(=O)c2cc(F)cc(F)c2)cn2ccccc12. The smallest absolute Gasteiger partial charge is 0.338 e. The molecule has 3 rings (SSSR count). The van der Waals surface area contributed by atoms with Crippen molar-refractivity contribution in [1.29, 1.82) is 5.26 Å². The second-order valence-corrected chi connectivity index (χ2v) is 4.87. The maximum Gasteiger partial charge on any atom is 0.338 e. The monoisotopic (exact) mass is 312 g/mol. The number of halogens is 2. The van der Waals surface area contributed by atoms with Gasteiger partial charge in [-0.05, 0) is 24.3 Å². The van der Waals surface area contributed by atoms with Gasteiger partial charge in [-0.2, -0.15) is 5.26 Å². The fraction of sp³-hybridized carbons (Fsp3) is 0.0588. The largest absolute Gasteiger partial charge is 0.457 e. The second kappa shape index (κ2) is 5.89. The van der Waals surface area contributed by atoms with Crippen LogP contribution in [0.4, 0.5) is 8.78 Å². The Bertz CT molecular complexity index is 921. The molecule has 1 aromatic carbocycles. The summed E-state index contributed by atoms with van der Waals surface area (Å²) < 4.78 is 33.0. The molecule has 3 aromatic rings. The molecule has 0 spiro atoms. The third-order valence-electron chi connectivity index (χ3n) is 3.33. The van der Waals surface area contributed by atoms with Crippen LogP contribution < -0.4 is 0 Å². The Balaban J connectivity index is 1.83. The fourth-order valence-electron chi connectivity index (χ4n) is 2.31. The number of hydrogen-bond donors (Lipinski definition) is 0. The van der Waals surface area contributed by atoms with Crippen LogP contribution in [0.5, 0.6) is 0 Å². The van der Waals surface area contributed by atoms with Gasteiger partial charge in [0.2, 0.25) is 0 Å². The molecule has 0 radical (unpaired) electrons. The minimum absolute atomic E-state index is 0.165. The van der Waals surface area contributed by atoms with Crippen molar-refractivity contribution in [2.24, 2.45) is 0 Å². The molecule has 0 saturated heterocycles. The van der Waals surface area contributed by atoms with Gasteiger partial charge < -0.3 is 9.14 Å². The Morgan fingerprint density at radius 3 is 2.65 bits per heavy atom. The molecule has 0 N–H and O–H groups in total. The van der Waals surface area contributed by atoms with Crippen LogP contribution in [0.1, 0.15) is 21.5 Å². The van der Waals surface area contributed by atoms with Crippen molar-refractivity contribution in [1.82, 2.24) is 4.40 Å². The van der Waals surface area contributed by atoms with E-state index in [9.17, 15) is 18.8 Å². The van der Waals surface area contributed by atoms with Crippen LogP contribution in [0.25, 0.3) is 5.52 Å². The zero-order valence-corrected chi connectivity index (χ0v) is 11.8. The summed E-state index contributed by atoms with van der Waals surface area (Å²) in [7, 11) is 0. The molecule has 0 aliphatic rings. The number of ether oxygens (including phenoxy) is 1. The summed E-state index contributed by atoms with van der Waals surface area (Å²) in [5.41, 5.74) is 1.38. The van der Waals surface area contributed by atoms with Gasteiger partial charge in [0.05, 0.1) is 16.6 Å². The van der Waals surface area contributed by atoms with Crippen molar-refractivity contribution in [3.8, 4) is 6.07 Å². The van der Waals surface area contributed by atoms with Crippen LogP contribution in [0.3, 0.4) is 0 Å². The van der Waals surface area contributed by atoms with Gasteiger partial charge in [0.25, 0.3) is 0 Å². The predicted octanol–water partition coefficient (Wildman–Crippen LogP) is 3.45. The first-order valence-corrected chi connectivity index (χ1v) is 6.70. The maximum atomic E-state index is 13.1. The summed E-state index contributed by atoms with van der Waals surface area (Å²) >= 11 is 0. The molecule has 0 amide bonds. The van der Waals surface area contributed by atoms with Crippen molar-refractivity contribution < 1.29 is 18.3 Å². The summed E-state index contributed by atoms with van der Waals surface area (Å²) in [6.45, 7) is -0.165. The van der Waals surface area contributed by atoms with E-state index in [1.807, 2.05) is 0 Å². The lowest BCUT2D eigenvalue weighted by Gasteiger charge is -2.04. The first-order valence-electron chi connectivity index (χ1n) is 6.70. The molecule has 4 nitrogen and oxygen atoms in total. The number of pyridine rings is 1. The zero-order valence-electron chi connectivity index (χ0n) is 11.8. The van der Waals surface area contributed by atoms with Crippen LogP contribution in [0.15, 0.2) is 48.8 Å². The summed E-state index contributed by atoms with van der Waals surface area (Å²) in [5, 5.41) is 9.26. The number of nitrogens with zero attached hydrogens (tertiary/aromatic N) is 2. The molecule has 2 aromatic heterocycles. The molecule has 23 heavy (non-hydrogen) atoms. The average molecular weight is 312 g/mol. The number of benzene rings is 1. The van der Waals surface area contributed by atoms with Gasteiger partial charge in [0, 0.05) is 24.0 Å². The van der Waals surface area contributed by atoms with Crippen LogP contribution >= 0.6 is 0 Å². The standard InChI is InChI=1S/C17H10F2N2O2/c18-13-5-11(6-14(19)7-13)17(22)23-10-12-9-21-4-2-1-3-16(21)15(12)8-20/h1-7,9H,10H2. The highest BCUT2D eigenvalue weighted by Gasteiger charge is 2.14. The Kier molecular flexibility index (Phi) is 3.77. The minimum atomic E-state index is -0.859.